The third-order valence-electron chi connectivity index (χ3n) is 12.9. The van der Waals surface area contributed by atoms with Gasteiger partial charge in [-0.3, -0.25) is 19.5 Å². The van der Waals surface area contributed by atoms with Crippen LogP contribution in [-0.2, 0) is 10.0 Å². The lowest BCUT2D eigenvalue weighted by molar-refractivity contribution is 0.0245. The molecule has 330 valence electrons. The SMILES string of the molecule is CN1CCC(F)(COc2ccc(S(=O)(=O)NC(=O)c3ccc(N4CCN(CC5=C(c6ccc(Cl)cc6)CC(C)(C)CC5)CC4)cc3-n3[nH]cc4nc5nccc5cc43)cc2Cl)CC1. The van der Waals surface area contributed by atoms with E-state index in [1.807, 2.05) is 43.4 Å². The van der Waals surface area contributed by atoms with E-state index in [9.17, 15) is 13.2 Å². The molecule has 0 radical (unpaired) electrons. The standard InChI is InChI=1S/C47H51Cl2FN8O4S/c1-46(2)14-12-33(38(27-46)31-4-6-34(48)7-5-31)29-56-20-22-57(23-21-56)35-8-10-37(41(25-35)58-42-24-32-13-17-51-44(32)53-40(42)28-52-58)45(59)54-63(60,61)36-9-11-43(39(49)26-36)62-30-47(50)15-18-55(3)19-16-47/h4-11,13,17,24-26,28,52H,12,14-16,18-23,27,29-30H2,1-3H3,(H,54,59). The monoisotopic (exact) mass is 912 g/mol. The third-order valence-corrected chi connectivity index (χ3v) is 14.7. The van der Waals surface area contributed by atoms with Gasteiger partial charge in [0.25, 0.3) is 15.9 Å². The molecule has 1 aliphatic carbocycles. The molecule has 16 heteroatoms. The number of likely N-dealkylation sites (tertiary alicyclic amines) is 1. The molecule has 9 rings (SSSR count). The van der Waals surface area contributed by atoms with E-state index in [0.29, 0.717) is 48.3 Å². The van der Waals surface area contributed by atoms with Gasteiger partial charge in [-0.1, -0.05) is 54.8 Å². The largest absolute Gasteiger partial charge is 0.489 e. The number of alkyl halides is 1. The van der Waals surface area contributed by atoms with Crippen molar-refractivity contribution in [2.24, 2.45) is 5.41 Å². The Kier molecular flexibility index (Phi) is 11.8. The van der Waals surface area contributed by atoms with Crippen LogP contribution in [0, 0.1) is 5.41 Å². The normalized spacial score (nSPS) is 18.6. The summed E-state index contributed by atoms with van der Waals surface area (Å²) in [5.74, 6) is -0.675. The van der Waals surface area contributed by atoms with Crippen LogP contribution in [0.1, 0.15) is 61.9 Å². The molecule has 0 saturated carbocycles. The number of hydrogen-bond acceptors (Lipinski definition) is 9. The summed E-state index contributed by atoms with van der Waals surface area (Å²) in [6.07, 6.45) is 7.30. The molecule has 63 heavy (non-hydrogen) atoms. The zero-order valence-electron chi connectivity index (χ0n) is 35.6. The summed E-state index contributed by atoms with van der Waals surface area (Å²) >= 11 is 12.7. The summed E-state index contributed by atoms with van der Waals surface area (Å²) in [5, 5.41) is 4.79. The summed E-state index contributed by atoms with van der Waals surface area (Å²) in [5.41, 5.74) is 6.24. The van der Waals surface area contributed by atoms with Crippen LogP contribution in [0.4, 0.5) is 10.1 Å². The number of sulfonamides is 1. The number of aromatic amines is 1. The zero-order chi connectivity index (χ0) is 44.1. The van der Waals surface area contributed by atoms with E-state index in [1.54, 1.807) is 23.1 Å². The Labute approximate surface area is 377 Å². The van der Waals surface area contributed by atoms with Crippen molar-refractivity contribution < 1.29 is 22.3 Å². The highest BCUT2D eigenvalue weighted by atomic mass is 35.5. The molecule has 1 amide bonds. The lowest BCUT2D eigenvalue weighted by Crippen LogP contribution is -2.47. The quantitative estimate of drug-likeness (QED) is 0.131. The maximum atomic E-state index is 15.4. The van der Waals surface area contributed by atoms with Crippen LogP contribution in [-0.4, -0.2) is 109 Å². The minimum Gasteiger partial charge on any atom is -0.489 e. The van der Waals surface area contributed by atoms with E-state index >= 15 is 4.39 Å². The van der Waals surface area contributed by atoms with Crippen LogP contribution in [0.2, 0.25) is 10.0 Å². The first-order valence-electron chi connectivity index (χ1n) is 21.4. The number of carbonyl (C=O) groups excluding carboxylic acids is 1. The number of carbonyl (C=O) groups is 1. The molecule has 0 spiro atoms. The summed E-state index contributed by atoms with van der Waals surface area (Å²) in [7, 11) is -2.47. The first-order chi connectivity index (χ1) is 30.1. The maximum absolute atomic E-state index is 15.4. The molecule has 0 bridgehead atoms. The molecule has 0 atom stereocenters. The molecule has 2 fully saturated rings. The van der Waals surface area contributed by atoms with Crippen LogP contribution < -0.4 is 14.4 Å². The van der Waals surface area contributed by atoms with Crippen molar-refractivity contribution in [3.63, 3.8) is 0 Å². The van der Waals surface area contributed by atoms with E-state index in [2.05, 4.69) is 55.5 Å². The Morgan fingerprint density at radius 1 is 0.937 bits per heavy atom. The number of ether oxygens (including phenoxy) is 1. The number of hydrogen-bond donors (Lipinski definition) is 2. The number of aromatic nitrogens is 4. The lowest BCUT2D eigenvalue weighted by Gasteiger charge is -2.39. The van der Waals surface area contributed by atoms with Gasteiger partial charge in [-0.05, 0) is 116 Å². The molecule has 5 heterocycles. The predicted octanol–water partition coefficient (Wildman–Crippen LogP) is 8.93. The maximum Gasteiger partial charge on any atom is 0.267 e. The van der Waals surface area contributed by atoms with Gasteiger partial charge in [0.2, 0.25) is 0 Å². The molecule has 3 aromatic carbocycles. The van der Waals surface area contributed by atoms with Gasteiger partial charge < -0.3 is 14.5 Å². The average molecular weight is 914 g/mol. The number of amides is 1. The number of halogens is 3. The Balaban J connectivity index is 0.956. The number of fused-ring (bicyclic) bond motifs is 2. The molecule has 2 aliphatic heterocycles. The Hall–Kier alpha value is -4.99. The number of nitrogens with zero attached hydrogens (tertiary/aromatic N) is 6. The lowest BCUT2D eigenvalue weighted by atomic mass is 9.72. The van der Waals surface area contributed by atoms with E-state index in [4.69, 9.17) is 32.9 Å². The molecule has 2 N–H and O–H groups in total. The minimum atomic E-state index is -4.41. The minimum absolute atomic E-state index is 0.0115. The third kappa shape index (κ3) is 9.33. The molecule has 3 aliphatic rings. The second kappa shape index (κ2) is 17.2. The van der Waals surface area contributed by atoms with Crippen LogP contribution in [0.5, 0.6) is 5.75 Å². The summed E-state index contributed by atoms with van der Waals surface area (Å²) in [6, 6.07) is 21.3. The fourth-order valence-electron chi connectivity index (χ4n) is 8.98. The van der Waals surface area contributed by atoms with Crippen molar-refractivity contribution in [1.29, 1.82) is 0 Å². The van der Waals surface area contributed by atoms with Crippen molar-refractivity contribution in [2.45, 2.75) is 56.5 Å². The summed E-state index contributed by atoms with van der Waals surface area (Å²) in [4.78, 5) is 29.8. The highest BCUT2D eigenvalue weighted by molar-refractivity contribution is 7.90. The Morgan fingerprint density at radius 2 is 1.70 bits per heavy atom. The molecule has 3 aromatic heterocycles. The van der Waals surface area contributed by atoms with Crippen molar-refractivity contribution in [3.05, 3.63) is 112 Å². The first-order valence-corrected chi connectivity index (χ1v) is 23.6. The van der Waals surface area contributed by atoms with E-state index in [0.717, 1.165) is 68.1 Å². The van der Waals surface area contributed by atoms with Crippen molar-refractivity contribution >= 4 is 72.5 Å². The predicted molar refractivity (Wildman–Crippen MR) is 248 cm³/mol. The number of H-pyrrole nitrogens is 1. The first kappa shape index (κ1) is 43.3. The van der Waals surface area contributed by atoms with Crippen molar-refractivity contribution in [3.8, 4) is 11.4 Å². The number of nitrogens with one attached hydrogen (secondary N) is 2. The van der Waals surface area contributed by atoms with Gasteiger partial charge in [0, 0.05) is 74.3 Å². The second-order valence-electron chi connectivity index (χ2n) is 18.0. The fraction of sp³-hybridized carbons (Fsp3) is 0.383. The van der Waals surface area contributed by atoms with Crippen molar-refractivity contribution in [1.82, 2.24) is 34.3 Å². The van der Waals surface area contributed by atoms with Gasteiger partial charge in [0.15, 0.2) is 5.65 Å². The van der Waals surface area contributed by atoms with Gasteiger partial charge in [-0.15, -0.1) is 0 Å². The topological polar surface area (TPSA) is 129 Å². The van der Waals surface area contributed by atoms with E-state index < -0.39 is 21.6 Å². The molecular weight excluding hydrogens is 863 g/mol. The van der Waals surface area contributed by atoms with Crippen LogP contribution in [0.3, 0.4) is 0 Å². The van der Waals surface area contributed by atoms with Crippen LogP contribution in [0.15, 0.2) is 95.7 Å². The van der Waals surface area contributed by atoms with E-state index in [1.165, 1.54) is 34.9 Å². The second-order valence-corrected chi connectivity index (χ2v) is 20.5. The number of pyridine rings is 1. The number of piperazine rings is 1. The molecule has 6 aromatic rings. The molecule has 12 nitrogen and oxygen atoms in total. The number of rotatable bonds is 11. The average Bonchev–Trinajstić information content (AvgIpc) is 3.90. The van der Waals surface area contributed by atoms with Crippen LogP contribution >= 0.6 is 23.2 Å². The van der Waals surface area contributed by atoms with Gasteiger partial charge in [0.1, 0.15) is 23.5 Å². The van der Waals surface area contributed by atoms with Gasteiger partial charge in [0.05, 0.1) is 26.7 Å². The van der Waals surface area contributed by atoms with Crippen molar-refractivity contribution in [2.75, 3.05) is 64.4 Å². The number of allylic oxidation sites excluding steroid dienone is 1. The highest BCUT2D eigenvalue weighted by Crippen LogP contribution is 2.43. The van der Waals surface area contributed by atoms with Gasteiger partial charge in [-0.25, -0.2) is 27.5 Å². The van der Waals surface area contributed by atoms with Crippen LogP contribution in [0.25, 0.3) is 33.3 Å². The van der Waals surface area contributed by atoms with Gasteiger partial charge in [-0.2, -0.15) is 0 Å². The number of benzene rings is 3. The smallest absolute Gasteiger partial charge is 0.267 e. The van der Waals surface area contributed by atoms with E-state index in [-0.39, 0.29) is 33.3 Å². The summed E-state index contributed by atoms with van der Waals surface area (Å²) < 4.78 is 52.7. The Bertz CT molecular complexity index is 2830. The molecule has 2 saturated heterocycles. The fourth-order valence-corrected chi connectivity index (χ4v) is 10.4. The molecular formula is C47H51Cl2FN8O4S. The number of anilines is 1. The highest BCUT2D eigenvalue weighted by Gasteiger charge is 2.35. The summed E-state index contributed by atoms with van der Waals surface area (Å²) in [6.45, 7) is 9.83. The zero-order valence-corrected chi connectivity index (χ0v) is 38.0. The number of piperidine rings is 1. The Morgan fingerprint density at radius 3 is 2.44 bits per heavy atom. The molecule has 0 unspecified atom stereocenters. The van der Waals surface area contributed by atoms with Gasteiger partial charge >= 0.3 is 0 Å².